The lowest BCUT2D eigenvalue weighted by Gasteiger charge is -2.32. The molecule has 1 fully saturated rings. The van der Waals surface area contributed by atoms with E-state index in [4.69, 9.17) is 9.47 Å². The highest BCUT2D eigenvalue weighted by Crippen LogP contribution is 2.25. The van der Waals surface area contributed by atoms with Gasteiger partial charge in [-0.1, -0.05) is 12.1 Å². The number of ether oxygens (including phenoxy) is 2. The number of aliphatic hydroxyl groups excluding tert-OH is 1. The second-order valence-electron chi connectivity index (χ2n) is 5.83. The average molecular weight is 354 g/mol. The highest BCUT2D eigenvalue weighted by atomic mass is 16.6. The summed E-state index contributed by atoms with van der Waals surface area (Å²) in [7, 11) is 0. The molecule has 1 saturated heterocycles. The maximum absolute atomic E-state index is 11.6. The van der Waals surface area contributed by atoms with Crippen LogP contribution < -0.4 is 9.64 Å². The number of para-hydroxylation sites is 2. The van der Waals surface area contributed by atoms with Gasteiger partial charge < -0.3 is 19.5 Å². The summed E-state index contributed by atoms with van der Waals surface area (Å²) in [5.41, 5.74) is -0.120. The molecule has 1 aliphatic rings. The number of benzene rings is 1. The summed E-state index contributed by atoms with van der Waals surface area (Å²) in [6.07, 6.45) is -1.05. The Morgan fingerprint density at radius 3 is 2.72 bits per heavy atom. The highest BCUT2D eigenvalue weighted by Gasteiger charge is 2.26. The number of piperazine rings is 1. The van der Waals surface area contributed by atoms with E-state index in [2.05, 4.69) is 0 Å². The van der Waals surface area contributed by atoms with Crippen LogP contribution in [0.25, 0.3) is 0 Å². The summed E-state index contributed by atoms with van der Waals surface area (Å²) in [5.74, 6) is 0.147. The molecule has 1 aromatic rings. The zero-order chi connectivity index (χ0) is 18.2. The van der Waals surface area contributed by atoms with Gasteiger partial charge in [-0.15, -0.1) is 0 Å². The molecule has 1 atom stereocenters. The fraction of sp³-hybridized carbons (Fsp3) is 0.562. The Kier molecular flexibility index (Phi) is 6.96. The van der Waals surface area contributed by atoms with Crippen LogP contribution in [0.5, 0.6) is 5.75 Å². The molecule has 0 saturated carbocycles. The summed E-state index contributed by atoms with van der Waals surface area (Å²) in [6.45, 7) is 5.13. The van der Waals surface area contributed by atoms with Crippen molar-refractivity contribution >= 4 is 11.8 Å². The van der Waals surface area contributed by atoms with Crippen molar-refractivity contribution in [2.45, 2.75) is 13.0 Å². The molecule has 25 heavy (non-hydrogen) atoms. The van der Waals surface area contributed by atoms with Crippen LogP contribution in [-0.4, -0.2) is 73.1 Å². The predicted octanol–water partition coefficient (Wildman–Crippen LogP) is -0.308. The molecule has 2 rings (SSSR count). The minimum atomic E-state index is -0.746. The van der Waals surface area contributed by atoms with Crippen molar-refractivity contribution in [3.63, 3.8) is 0 Å². The minimum absolute atomic E-state index is 0.0179. The van der Waals surface area contributed by atoms with Crippen LogP contribution >= 0.6 is 0 Å². The van der Waals surface area contributed by atoms with Gasteiger partial charge in [0.2, 0.25) is 0 Å². The van der Waals surface area contributed by atoms with Crippen molar-refractivity contribution in [1.82, 2.24) is 4.90 Å². The number of aliphatic hydroxyl groups is 1. The van der Waals surface area contributed by atoms with E-state index in [0.29, 0.717) is 39.3 Å². The number of quaternary nitrogens is 1. The lowest BCUT2D eigenvalue weighted by atomic mass is 10.2. The zero-order valence-electron chi connectivity index (χ0n) is 14.2. The molecule has 1 amide bonds. The smallest absolute Gasteiger partial charge is 0.410 e. The molecule has 138 valence electrons. The quantitative estimate of drug-likeness (QED) is 0.514. The van der Waals surface area contributed by atoms with Gasteiger partial charge >= 0.3 is 11.8 Å². The molecular weight excluding hydrogens is 330 g/mol. The van der Waals surface area contributed by atoms with Crippen LogP contribution in [0.15, 0.2) is 24.3 Å². The molecule has 0 unspecified atom stereocenters. The van der Waals surface area contributed by atoms with E-state index in [0.717, 1.165) is 4.90 Å². The van der Waals surface area contributed by atoms with Crippen LogP contribution in [0.4, 0.5) is 10.5 Å². The highest BCUT2D eigenvalue weighted by molar-refractivity contribution is 5.67. The fourth-order valence-corrected chi connectivity index (χ4v) is 2.73. The second kappa shape index (κ2) is 9.19. The first-order valence-corrected chi connectivity index (χ1v) is 8.30. The zero-order valence-corrected chi connectivity index (χ0v) is 14.2. The number of hydrogen-bond acceptors (Lipinski definition) is 6. The Bertz CT molecular complexity index is 589. The minimum Gasteiger partial charge on any atom is -0.484 e. The molecule has 0 radical (unpaired) electrons. The average Bonchev–Trinajstić information content (AvgIpc) is 2.61. The van der Waals surface area contributed by atoms with E-state index in [-0.39, 0.29) is 24.1 Å². The predicted molar refractivity (Wildman–Crippen MR) is 88.8 cm³/mol. The van der Waals surface area contributed by atoms with Crippen LogP contribution in [-0.2, 0) is 4.74 Å². The summed E-state index contributed by atoms with van der Waals surface area (Å²) >= 11 is 0. The van der Waals surface area contributed by atoms with E-state index in [1.165, 1.54) is 12.1 Å². The van der Waals surface area contributed by atoms with E-state index in [1.54, 1.807) is 24.0 Å². The van der Waals surface area contributed by atoms with Gasteiger partial charge in [-0.2, -0.15) is 0 Å². The normalized spacial score (nSPS) is 16.3. The SMILES string of the molecule is CCOC(=O)N1CC[NH+](C[C@@H](O)COc2ccccc2[N+](=O)[O-])CC1. The summed E-state index contributed by atoms with van der Waals surface area (Å²) in [5, 5.41) is 21.1. The molecule has 0 aromatic heterocycles. The van der Waals surface area contributed by atoms with Crippen molar-refractivity contribution in [3.8, 4) is 5.75 Å². The molecule has 0 bridgehead atoms. The van der Waals surface area contributed by atoms with Gasteiger partial charge in [0.1, 0.15) is 19.3 Å². The third-order valence-corrected chi connectivity index (χ3v) is 4.01. The van der Waals surface area contributed by atoms with Crippen LogP contribution in [0.2, 0.25) is 0 Å². The summed E-state index contributed by atoms with van der Waals surface area (Å²) < 4.78 is 10.4. The first-order valence-electron chi connectivity index (χ1n) is 8.30. The molecule has 0 spiro atoms. The van der Waals surface area contributed by atoms with E-state index >= 15 is 0 Å². The third-order valence-electron chi connectivity index (χ3n) is 4.01. The Balaban J connectivity index is 1.76. The lowest BCUT2D eigenvalue weighted by molar-refractivity contribution is -0.907. The Morgan fingerprint density at radius 2 is 2.08 bits per heavy atom. The van der Waals surface area contributed by atoms with Crippen molar-refractivity contribution in [2.24, 2.45) is 0 Å². The van der Waals surface area contributed by atoms with Gasteiger partial charge in [0.25, 0.3) is 0 Å². The number of carbonyl (C=O) groups excluding carboxylic acids is 1. The molecular formula is C16H24N3O6+. The largest absolute Gasteiger partial charge is 0.484 e. The maximum Gasteiger partial charge on any atom is 0.410 e. The standard InChI is InChI=1S/C16H23N3O6/c1-2-24-16(21)18-9-7-17(8-10-18)11-13(20)12-25-15-6-4-3-5-14(15)19(22)23/h3-6,13,20H,2,7-12H2,1H3/p+1/t13-/m1/s1. The molecule has 9 nitrogen and oxygen atoms in total. The number of amides is 1. The number of hydrogen-bond donors (Lipinski definition) is 2. The summed E-state index contributed by atoms with van der Waals surface area (Å²) in [6, 6.07) is 6.08. The third kappa shape index (κ3) is 5.57. The van der Waals surface area contributed by atoms with E-state index < -0.39 is 11.0 Å². The van der Waals surface area contributed by atoms with Gasteiger partial charge in [-0.25, -0.2) is 4.79 Å². The van der Waals surface area contributed by atoms with Crippen LogP contribution in [0.3, 0.4) is 0 Å². The van der Waals surface area contributed by atoms with Crippen LogP contribution in [0, 0.1) is 10.1 Å². The van der Waals surface area contributed by atoms with Gasteiger partial charge in [0, 0.05) is 6.07 Å². The van der Waals surface area contributed by atoms with E-state index in [9.17, 15) is 20.0 Å². The maximum atomic E-state index is 11.6. The molecule has 1 aromatic carbocycles. The van der Waals surface area contributed by atoms with Gasteiger partial charge in [0.15, 0.2) is 5.75 Å². The number of nitrogens with one attached hydrogen (secondary N) is 1. The Morgan fingerprint density at radius 1 is 1.40 bits per heavy atom. The monoisotopic (exact) mass is 354 g/mol. The second-order valence-corrected chi connectivity index (χ2v) is 5.83. The topological polar surface area (TPSA) is 107 Å². The Labute approximate surface area is 145 Å². The van der Waals surface area contributed by atoms with Crippen molar-refractivity contribution in [3.05, 3.63) is 34.4 Å². The molecule has 1 aliphatic heterocycles. The van der Waals surface area contributed by atoms with Crippen molar-refractivity contribution in [2.75, 3.05) is 45.9 Å². The van der Waals surface area contributed by atoms with E-state index in [1.807, 2.05) is 0 Å². The first-order chi connectivity index (χ1) is 12.0. The van der Waals surface area contributed by atoms with Crippen molar-refractivity contribution < 1.29 is 29.2 Å². The molecule has 2 N–H and O–H groups in total. The number of carbonyl (C=O) groups is 1. The number of nitro groups is 1. The van der Waals surface area contributed by atoms with Gasteiger partial charge in [-0.05, 0) is 13.0 Å². The molecule has 1 heterocycles. The van der Waals surface area contributed by atoms with Gasteiger partial charge in [-0.3, -0.25) is 15.0 Å². The fourth-order valence-electron chi connectivity index (χ4n) is 2.73. The first kappa shape index (κ1) is 18.9. The number of rotatable bonds is 7. The molecule has 0 aliphatic carbocycles. The number of nitrogens with zero attached hydrogens (tertiary/aromatic N) is 2. The van der Waals surface area contributed by atoms with Crippen LogP contribution in [0.1, 0.15) is 6.92 Å². The lowest BCUT2D eigenvalue weighted by Crippen LogP contribution is -3.16. The van der Waals surface area contributed by atoms with Crippen molar-refractivity contribution in [1.29, 1.82) is 0 Å². The number of nitro benzene ring substituents is 1. The Hall–Kier alpha value is -2.39. The van der Waals surface area contributed by atoms with Gasteiger partial charge in [0.05, 0.1) is 37.7 Å². The molecule has 9 heteroatoms. The summed E-state index contributed by atoms with van der Waals surface area (Å²) in [4.78, 5) is 24.9.